The smallest absolute Gasteiger partial charge is 0.227 e. The minimum Gasteiger partial charge on any atom is -0.396 e. The molecule has 4 rings (SSSR count). The molecule has 3 heterocycles. The highest BCUT2D eigenvalue weighted by molar-refractivity contribution is 5.76. The Bertz CT molecular complexity index is 669. The Labute approximate surface area is 180 Å². The van der Waals surface area contributed by atoms with Crippen LogP contribution < -0.4 is 4.90 Å². The highest BCUT2D eigenvalue weighted by atomic mass is 16.3. The number of aliphatic hydroxyl groups excluding tert-OH is 1. The highest BCUT2D eigenvalue weighted by Gasteiger charge is 2.26. The lowest BCUT2D eigenvalue weighted by atomic mass is 9.98. The molecule has 1 aromatic heterocycles. The van der Waals surface area contributed by atoms with Crippen molar-refractivity contribution in [3.8, 4) is 0 Å². The zero-order valence-corrected chi connectivity index (χ0v) is 18.5. The number of likely N-dealkylation sites (tertiary alicyclic amines) is 1. The summed E-state index contributed by atoms with van der Waals surface area (Å²) in [7, 11) is 0. The van der Waals surface area contributed by atoms with Crippen LogP contribution >= 0.6 is 0 Å². The third-order valence-electron chi connectivity index (χ3n) is 7.42. The van der Waals surface area contributed by atoms with Gasteiger partial charge in [0.15, 0.2) is 0 Å². The topological polar surface area (TPSA) is 74.5 Å². The Hall–Kier alpha value is -1.63. The van der Waals surface area contributed by atoms with Gasteiger partial charge in [-0.2, -0.15) is 0 Å². The lowest BCUT2D eigenvalue weighted by Crippen LogP contribution is -2.37. The van der Waals surface area contributed by atoms with Gasteiger partial charge in [-0.1, -0.05) is 38.5 Å². The van der Waals surface area contributed by atoms with Crippen molar-refractivity contribution in [3.63, 3.8) is 0 Å². The second-order valence-electron chi connectivity index (χ2n) is 9.58. The van der Waals surface area contributed by atoms with Gasteiger partial charge in [0.05, 0.1) is 0 Å². The predicted octanol–water partition coefficient (Wildman–Crippen LogP) is 3.01. The Kier molecular flexibility index (Phi) is 7.63. The quantitative estimate of drug-likeness (QED) is 0.738. The number of carbonyl (C=O) groups is 1. The van der Waals surface area contributed by atoms with Gasteiger partial charge in [-0.15, -0.1) is 10.2 Å². The molecule has 0 aromatic carbocycles. The monoisotopic (exact) mass is 417 g/mol. The second kappa shape index (κ2) is 10.6. The van der Waals surface area contributed by atoms with E-state index in [1.807, 2.05) is 0 Å². The van der Waals surface area contributed by atoms with E-state index >= 15 is 0 Å². The minimum atomic E-state index is 0.276. The van der Waals surface area contributed by atoms with Gasteiger partial charge < -0.3 is 14.9 Å². The van der Waals surface area contributed by atoms with Crippen LogP contribution in [0, 0.1) is 11.8 Å². The van der Waals surface area contributed by atoms with Gasteiger partial charge in [0, 0.05) is 52.2 Å². The lowest BCUT2D eigenvalue weighted by molar-refractivity contribution is -0.131. The molecule has 1 N–H and O–H groups in total. The van der Waals surface area contributed by atoms with Crippen molar-refractivity contribution >= 4 is 11.9 Å². The van der Waals surface area contributed by atoms with Crippen LogP contribution in [0.1, 0.15) is 76.5 Å². The number of amides is 1. The Morgan fingerprint density at radius 3 is 2.23 bits per heavy atom. The normalized spacial score (nSPS) is 21.9. The van der Waals surface area contributed by atoms with E-state index in [0.29, 0.717) is 24.8 Å². The van der Waals surface area contributed by atoms with Crippen LogP contribution in [0.2, 0.25) is 0 Å². The summed E-state index contributed by atoms with van der Waals surface area (Å²) in [5.74, 6) is 3.39. The standard InChI is InChI=1S/C23H39N5O2/c29-18-20-9-14-27(15-10-20)23-25-24-21(17-19-7-3-4-8-19)28(23)16-11-22(30)26-12-5-1-2-6-13-26/h19-20,29H,1-18H2. The molecule has 1 amide bonds. The summed E-state index contributed by atoms with van der Waals surface area (Å²) >= 11 is 0. The van der Waals surface area contributed by atoms with E-state index in [1.54, 1.807) is 0 Å². The first-order chi connectivity index (χ1) is 14.7. The first-order valence-electron chi connectivity index (χ1n) is 12.3. The molecule has 0 spiro atoms. The summed E-state index contributed by atoms with van der Waals surface area (Å²) < 4.78 is 2.24. The summed E-state index contributed by atoms with van der Waals surface area (Å²) in [5, 5.41) is 18.6. The van der Waals surface area contributed by atoms with Crippen molar-refractivity contribution in [2.24, 2.45) is 11.8 Å². The molecule has 7 heteroatoms. The van der Waals surface area contributed by atoms with E-state index in [0.717, 1.165) is 70.1 Å². The molecule has 2 saturated heterocycles. The van der Waals surface area contributed by atoms with Crippen molar-refractivity contribution < 1.29 is 9.90 Å². The lowest BCUT2D eigenvalue weighted by Gasteiger charge is -2.32. The first-order valence-corrected chi connectivity index (χ1v) is 12.3. The number of anilines is 1. The maximum Gasteiger partial charge on any atom is 0.227 e. The van der Waals surface area contributed by atoms with Gasteiger partial charge in [0.25, 0.3) is 0 Å². The zero-order chi connectivity index (χ0) is 20.8. The Balaban J connectivity index is 1.45. The van der Waals surface area contributed by atoms with Crippen molar-refractivity contribution in [1.29, 1.82) is 0 Å². The highest BCUT2D eigenvalue weighted by Crippen LogP contribution is 2.29. The van der Waals surface area contributed by atoms with E-state index in [1.165, 1.54) is 38.5 Å². The molecule has 1 aromatic rings. The molecule has 30 heavy (non-hydrogen) atoms. The third kappa shape index (κ3) is 5.34. The maximum absolute atomic E-state index is 12.9. The number of nitrogens with zero attached hydrogens (tertiary/aromatic N) is 5. The van der Waals surface area contributed by atoms with Gasteiger partial charge in [-0.3, -0.25) is 9.36 Å². The molecule has 0 radical (unpaired) electrons. The van der Waals surface area contributed by atoms with Gasteiger partial charge in [0.1, 0.15) is 5.82 Å². The van der Waals surface area contributed by atoms with Crippen molar-refractivity contribution in [2.45, 2.75) is 83.6 Å². The largest absolute Gasteiger partial charge is 0.396 e. The zero-order valence-electron chi connectivity index (χ0n) is 18.5. The molecule has 2 aliphatic heterocycles. The molecule has 1 saturated carbocycles. The Morgan fingerprint density at radius 1 is 0.867 bits per heavy atom. The third-order valence-corrected chi connectivity index (χ3v) is 7.42. The number of hydrogen-bond acceptors (Lipinski definition) is 5. The average molecular weight is 418 g/mol. The molecule has 0 atom stereocenters. The molecule has 7 nitrogen and oxygen atoms in total. The van der Waals surface area contributed by atoms with Crippen molar-refractivity contribution in [1.82, 2.24) is 19.7 Å². The number of carbonyl (C=O) groups excluding carboxylic acids is 1. The maximum atomic E-state index is 12.9. The summed E-state index contributed by atoms with van der Waals surface area (Å²) in [6.45, 7) is 4.60. The fraction of sp³-hybridized carbons (Fsp3) is 0.870. The van der Waals surface area contributed by atoms with Crippen LogP contribution in [0.4, 0.5) is 5.95 Å². The Morgan fingerprint density at radius 2 is 1.57 bits per heavy atom. The summed E-state index contributed by atoms with van der Waals surface area (Å²) in [5.41, 5.74) is 0. The first kappa shape index (κ1) is 21.6. The van der Waals surface area contributed by atoms with Crippen LogP contribution in [-0.2, 0) is 17.8 Å². The van der Waals surface area contributed by atoms with Crippen LogP contribution in [0.15, 0.2) is 0 Å². The van der Waals surface area contributed by atoms with Crippen LogP contribution in [0.25, 0.3) is 0 Å². The van der Waals surface area contributed by atoms with Gasteiger partial charge >= 0.3 is 0 Å². The van der Waals surface area contributed by atoms with Crippen LogP contribution in [0.5, 0.6) is 0 Å². The number of rotatable bonds is 7. The second-order valence-corrected chi connectivity index (χ2v) is 9.58. The molecule has 0 unspecified atom stereocenters. The van der Waals surface area contributed by atoms with Gasteiger partial charge in [0.2, 0.25) is 11.9 Å². The van der Waals surface area contributed by atoms with Crippen LogP contribution in [-0.4, -0.2) is 63.5 Å². The summed E-state index contributed by atoms with van der Waals surface area (Å²) in [4.78, 5) is 17.3. The van der Waals surface area contributed by atoms with Crippen LogP contribution in [0.3, 0.4) is 0 Å². The number of aromatic nitrogens is 3. The molecule has 0 bridgehead atoms. The summed E-state index contributed by atoms with van der Waals surface area (Å²) in [6, 6.07) is 0. The number of aliphatic hydroxyl groups is 1. The molecular formula is C23H39N5O2. The van der Waals surface area contributed by atoms with E-state index in [4.69, 9.17) is 0 Å². The molecule has 168 valence electrons. The number of hydrogen-bond donors (Lipinski definition) is 1. The SMILES string of the molecule is O=C(CCn1c(CC2CCCC2)nnc1N1CCC(CO)CC1)N1CCCCCC1. The molecular weight excluding hydrogens is 378 g/mol. The van der Waals surface area contributed by atoms with Crippen molar-refractivity contribution in [3.05, 3.63) is 5.82 Å². The van der Waals surface area contributed by atoms with Gasteiger partial charge in [-0.05, 0) is 37.5 Å². The van der Waals surface area contributed by atoms with E-state index < -0.39 is 0 Å². The number of piperidine rings is 1. The van der Waals surface area contributed by atoms with Crippen molar-refractivity contribution in [2.75, 3.05) is 37.7 Å². The van der Waals surface area contributed by atoms with E-state index in [9.17, 15) is 9.90 Å². The van der Waals surface area contributed by atoms with E-state index in [2.05, 4.69) is 24.6 Å². The van der Waals surface area contributed by atoms with Gasteiger partial charge in [-0.25, -0.2) is 0 Å². The molecule has 1 aliphatic carbocycles. The predicted molar refractivity (Wildman–Crippen MR) is 117 cm³/mol. The fourth-order valence-corrected chi connectivity index (χ4v) is 5.41. The fourth-order valence-electron chi connectivity index (χ4n) is 5.41. The molecule has 3 fully saturated rings. The minimum absolute atomic E-state index is 0.276. The van der Waals surface area contributed by atoms with E-state index in [-0.39, 0.29) is 12.5 Å². The average Bonchev–Trinajstić information content (AvgIpc) is 3.34. The molecule has 3 aliphatic rings. The summed E-state index contributed by atoms with van der Waals surface area (Å²) in [6.07, 6.45) is 13.5.